The number of nitrogens with one attached hydrogen (secondary N) is 2. The van der Waals surface area contributed by atoms with Gasteiger partial charge in [0.1, 0.15) is 10.7 Å². The van der Waals surface area contributed by atoms with Gasteiger partial charge in [0.05, 0.1) is 5.02 Å². The summed E-state index contributed by atoms with van der Waals surface area (Å²) in [6, 6.07) is 1.50. The Labute approximate surface area is 112 Å². The minimum atomic E-state index is -3.48. The summed E-state index contributed by atoms with van der Waals surface area (Å²) in [5.74, 6) is 0.517. The second-order valence-electron chi connectivity index (χ2n) is 4.32. The lowest BCUT2D eigenvalue weighted by Crippen LogP contribution is -2.25. The number of hydrogen-bond donors (Lipinski definition) is 2. The Morgan fingerprint density at radius 2 is 2.22 bits per heavy atom. The van der Waals surface area contributed by atoms with Crippen LogP contribution in [0.4, 0.5) is 5.82 Å². The second-order valence-corrected chi connectivity index (χ2v) is 6.44. The number of rotatable bonds is 6. The van der Waals surface area contributed by atoms with E-state index in [1.165, 1.54) is 12.3 Å². The Morgan fingerprint density at radius 1 is 1.50 bits per heavy atom. The maximum absolute atomic E-state index is 11.9. The fourth-order valence-electron chi connectivity index (χ4n) is 1.43. The van der Waals surface area contributed by atoms with Gasteiger partial charge in [-0.25, -0.2) is 18.1 Å². The van der Waals surface area contributed by atoms with Crippen LogP contribution in [0.3, 0.4) is 0 Å². The van der Waals surface area contributed by atoms with E-state index in [2.05, 4.69) is 15.0 Å². The molecule has 0 amide bonds. The third-order valence-electron chi connectivity index (χ3n) is 2.57. The molecule has 0 unspecified atom stereocenters. The average Bonchev–Trinajstić information content (AvgIpc) is 3.10. The van der Waals surface area contributed by atoms with Crippen molar-refractivity contribution in [2.45, 2.75) is 37.1 Å². The van der Waals surface area contributed by atoms with E-state index < -0.39 is 10.0 Å². The maximum Gasteiger partial charge on any atom is 0.242 e. The zero-order chi connectivity index (χ0) is 13.2. The summed E-state index contributed by atoms with van der Waals surface area (Å²) in [7, 11) is -3.48. The van der Waals surface area contributed by atoms with Gasteiger partial charge in [-0.3, -0.25) is 0 Å². The van der Waals surface area contributed by atoms with Gasteiger partial charge in [-0.15, -0.1) is 0 Å². The number of anilines is 1. The zero-order valence-electron chi connectivity index (χ0n) is 10.1. The Balaban J connectivity index is 2.16. The molecule has 1 aliphatic carbocycles. The molecule has 18 heavy (non-hydrogen) atoms. The van der Waals surface area contributed by atoms with Gasteiger partial charge in [0.15, 0.2) is 0 Å². The molecule has 1 aromatic rings. The molecule has 1 heterocycles. The van der Waals surface area contributed by atoms with Crippen molar-refractivity contribution in [2.75, 3.05) is 11.9 Å². The molecule has 100 valence electrons. The summed E-state index contributed by atoms with van der Waals surface area (Å²) in [5.41, 5.74) is 0. The van der Waals surface area contributed by atoms with Crippen molar-refractivity contribution < 1.29 is 8.42 Å². The number of halogens is 1. The Kier molecular flexibility index (Phi) is 4.09. The van der Waals surface area contributed by atoms with Crippen LogP contribution in [0.5, 0.6) is 0 Å². The van der Waals surface area contributed by atoms with Gasteiger partial charge in [-0.05, 0) is 25.3 Å². The SMILES string of the molecule is CCCNc1ncc(S(=O)(=O)NC2CC2)cc1Cl. The monoisotopic (exact) mass is 289 g/mol. The second kappa shape index (κ2) is 5.42. The third kappa shape index (κ3) is 3.34. The zero-order valence-corrected chi connectivity index (χ0v) is 11.7. The predicted molar refractivity (Wildman–Crippen MR) is 71.4 cm³/mol. The lowest BCUT2D eigenvalue weighted by atomic mass is 10.4. The van der Waals surface area contributed by atoms with Crippen LogP contribution in [-0.2, 0) is 10.0 Å². The van der Waals surface area contributed by atoms with E-state index in [-0.39, 0.29) is 10.9 Å². The van der Waals surface area contributed by atoms with E-state index in [1.54, 1.807) is 0 Å². The van der Waals surface area contributed by atoms with Crippen molar-refractivity contribution in [2.24, 2.45) is 0 Å². The van der Waals surface area contributed by atoms with Crippen molar-refractivity contribution in [3.63, 3.8) is 0 Å². The minimum absolute atomic E-state index is 0.0756. The molecule has 0 atom stereocenters. The molecular formula is C11H16ClN3O2S. The highest BCUT2D eigenvalue weighted by Gasteiger charge is 2.28. The highest BCUT2D eigenvalue weighted by Crippen LogP contribution is 2.25. The molecule has 1 fully saturated rings. The first kappa shape index (κ1) is 13.6. The van der Waals surface area contributed by atoms with Crippen LogP contribution in [0.15, 0.2) is 17.2 Å². The third-order valence-corrected chi connectivity index (χ3v) is 4.34. The molecular weight excluding hydrogens is 274 g/mol. The lowest BCUT2D eigenvalue weighted by Gasteiger charge is -2.09. The van der Waals surface area contributed by atoms with E-state index in [4.69, 9.17) is 11.6 Å². The topological polar surface area (TPSA) is 71.1 Å². The van der Waals surface area contributed by atoms with Crippen molar-refractivity contribution in [3.8, 4) is 0 Å². The number of pyridine rings is 1. The molecule has 0 bridgehead atoms. The van der Waals surface area contributed by atoms with Crippen molar-refractivity contribution in [1.82, 2.24) is 9.71 Å². The predicted octanol–water partition coefficient (Wildman–Crippen LogP) is 2.00. The summed E-state index contributed by atoms with van der Waals surface area (Å²) in [6.07, 6.45) is 4.07. The summed E-state index contributed by atoms with van der Waals surface area (Å²) in [6.45, 7) is 2.78. The smallest absolute Gasteiger partial charge is 0.242 e. The molecule has 1 saturated carbocycles. The van der Waals surface area contributed by atoms with Crippen LogP contribution in [0.25, 0.3) is 0 Å². The van der Waals surface area contributed by atoms with Crippen LogP contribution in [0.2, 0.25) is 5.02 Å². The summed E-state index contributed by atoms with van der Waals surface area (Å²) < 4.78 is 26.4. The van der Waals surface area contributed by atoms with E-state index in [0.29, 0.717) is 10.8 Å². The van der Waals surface area contributed by atoms with E-state index in [1.807, 2.05) is 6.92 Å². The maximum atomic E-state index is 11.9. The quantitative estimate of drug-likeness (QED) is 0.840. The highest BCUT2D eigenvalue weighted by atomic mass is 35.5. The molecule has 0 saturated heterocycles. The normalized spacial score (nSPS) is 15.7. The van der Waals surface area contributed by atoms with Crippen LogP contribution < -0.4 is 10.0 Å². The van der Waals surface area contributed by atoms with Gasteiger partial charge in [-0.1, -0.05) is 18.5 Å². The van der Waals surface area contributed by atoms with Gasteiger partial charge in [0.25, 0.3) is 0 Å². The Bertz CT molecular complexity index is 529. The molecule has 7 heteroatoms. The number of nitrogens with zero attached hydrogens (tertiary/aromatic N) is 1. The summed E-state index contributed by atoms with van der Waals surface area (Å²) >= 11 is 6.01. The molecule has 0 aromatic carbocycles. The fraction of sp³-hybridized carbons (Fsp3) is 0.545. The average molecular weight is 290 g/mol. The molecule has 0 radical (unpaired) electrons. The van der Waals surface area contributed by atoms with Gasteiger partial charge in [0, 0.05) is 18.8 Å². The summed E-state index contributed by atoms with van der Waals surface area (Å²) in [4.78, 5) is 4.16. The lowest BCUT2D eigenvalue weighted by molar-refractivity contribution is 0.580. The van der Waals surface area contributed by atoms with Gasteiger partial charge < -0.3 is 5.32 Å². The van der Waals surface area contributed by atoms with E-state index in [9.17, 15) is 8.42 Å². The van der Waals surface area contributed by atoms with Crippen molar-refractivity contribution in [3.05, 3.63) is 17.3 Å². The van der Waals surface area contributed by atoms with Crippen LogP contribution in [0.1, 0.15) is 26.2 Å². The van der Waals surface area contributed by atoms with E-state index >= 15 is 0 Å². The van der Waals surface area contributed by atoms with Gasteiger partial charge in [0.2, 0.25) is 10.0 Å². The van der Waals surface area contributed by atoms with Crippen molar-refractivity contribution in [1.29, 1.82) is 0 Å². The number of sulfonamides is 1. The minimum Gasteiger partial charge on any atom is -0.369 e. The Hall–Kier alpha value is -0.850. The van der Waals surface area contributed by atoms with Gasteiger partial charge >= 0.3 is 0 Å². The molecule has 1 aliphatic rings. The highest BCUT2D eigenvalue weighted by molar-refractivity contribution is 7.89. The molecule has 5 nitrogen and oxygen atoms in total. The molecule has 0 aliphatic heterocycles. The standard InChI is InChI=1S/C11H16ClN3O2S/c1-2-5-13-11-10(12)6-9(7-14-11)18(16,17)15-8-3-4-8/h6-8,15H,2-5H2,1H3,(H,13,14). The first-order valence-electron chi connectivity index (χ1n) is 5.94. The number of hydrogen-bond acceptors (Lipinski definition) is 4. The first-order chi connectivity index (χ1) is 8.53. The molecule has 1 aromatic heterocycles. The Morgan fingerprint density at radius 3 is 2.78 bits per heavy atom. The van der Waals surface area contributed by atoms with Crippen LogP contribution in [-0.4, -0.2) is 26.0 Å². The van der Waals surface area contributed by atoms with Gasteiger partial charge in [-0.2, -0.15) is 0 Å². The fourth-order valence-corrected chi connectivity index (χ4v) is 3.00. The summed E-state index contributed by atoms with van der Waals surface area (Å²) in [5, 5.41) is 3.36. The van der Waals surface area contributed by atoms with Crippen LogP contribution in [0, 0.1) is 0 Å². The van der Waals surface area contributed by atoms with Crippen molar-refractivity contribution >= 4 is 27.4 Å². The van der Waals surface area contributed by atoms with Crippen LogP contribution >= 0.6 is 11.6 Å². The first-order valence-corrected chi connectivity index (χ1v) is 7.81. The molecule has 2 N–H and O–H groups in total. The molecule has 0 spiro atoms. The largest absolute Gasteiger partial charge is 0.369 e. The molecule has 2 rings (SSSR count). The van der Waals surface area contributed by atoms with E-state index in [0.717, 1.165) is 25.8 Å². The number of aromatic nitrogens is 1.